The van der Waals surface area contributed by atoms with E-state index in [1.165, 1.54) is 26.2 Å². The van der Waals surface area contributed by atoms with Crippen molar-refractivity contribution in [2.24, 2.45) is 0 Å². The van der Waals surface area contributed by atoms with Crippen LogP contribution < -0.4 is 10.1 Å². The molecule has 7 heteroatoms. The van der Waals surface area contributed by atoms with Gasteiger partial charge in [0.1, 0.15) is 17.4 Å². The summed E-state index contributed by atoms with van der Waals surface area (Å²) in [4.78, 5) is 23.4. The van der Waals surface area contributed by atoms with E-state index in [4.69, 9.17) is 21.1 Å². The van der Waals surface area contributed by atoms with E-state index < -0.39 is 17.2 Å². The topological polar surface area (TPSA) is 84.9 Å². The SMILES string of the molecule is COc1cc(Cl)cc(C(C)(C=O)NC(=O)OC(C)(C)C)c1O. The summed E-state index contributed by atoms with van der Waals surface area (Å²) >= 11 is 5.96. The summed E-state index contributed by atoms with van der Waals surface area (Å²) < 4.78 is 10.1. The van der Waals surface area contributed by atoms with Crippen molar-refractivity contribution < 1.29 is 24.2 Å². The summed E-state index contributed by atoms with van der Waals surface area (Å²) in [5.74, 6) is -0.181. The van der Waals surface area contributed by atoms with Crippen LogP contribution in [0.4, 0.5) is 4.79 Å². The van der Waals surface area contributed by atoms with Crippen LogP contribution in [0.5, 0.6) is 11.5 Å². The molecule has 0 fully saturated rings. The Morgan fingerprint density at radius 3 is 2.36 bits per heavy atom. The van der Waals surface area contributed by atoms with Gasteiger partial charge in [-0.25, -0.2) is 4.79 Å². The Morgan fingerprint density at radius 2 is 1.91 bits per heavy atom. The molecule has 1 amide bonds. The van der Waals surface area contributed by atoms with E-state index in [9.17, 15) is 14.7 Å². The molecule has 22 heavy (non-hydrogen) atoms. The number of nitrogens with one attached hydrogen (secondary N) is 1. The molecular weight excluding hydrogens is 310 g/mol. The number of aromatic hydroxyl groups is 1. The van der Waals surface area contributed by atoms with Crippen molar-refractivity contribution in [3.8, 4) is 11.5 Å². The molecule has 0 spiro atoms. The van der Waals surface area contributed by atoms with Gasteiger partial charge in [0.25, 0.3) is 0 Å². The van der Waals surface area contributed by atoms with Crippen LogP contribution in [0.3, 0.4) is 0 Å². The number of aldehydes is 1. The van der Waals surface area contributed by atoms with E-state index in [1.807, 2.05) is 0 Å². The Hall–Kier alpha value is -1.95. The standard InChI is InChI=1S/C15H20ClNO5/c1-14(2,3)22-13(20)17-15(4,8-18)10-6-9(16)7-11(21-5)12(10)19/h6-8,19H,1-5H3,(H,17,20). The van der Waals surface area contributed by atoms with E-state index in [0.29, 0.717) is 6.29 Å². The lowest BCUT2D eigenvalue weighted by Gasteiger charge is -2.28. The number of hydrogen-bond donors (Lipinski definition) is 2. The Labute approximate surface area is 134 Å². The zero-order valence-electron chi connectivity index (χ0n) is 13.2. The molecule has 0 aliphatic carbocycles. The molecule has 0 saturated heterocycles. The van der Waals surface area contributed by atoms with Crippen molar-refractivity contribution in [1.29, 1.82) is 0 Å². The fourth-order valence-corrected chi connectivity index (χ4v) is 2.01. The van der Waals surface area contributed by atoms with E-state index in [0.717, 1.165) is 0 Å². The molecule has 0 bridgehead atoms. The van der Waals surface area contributed by atoms with Crippen LogP contribution in [-0.2, 0) is 15.1 Å². The van der Waals surface area contributed by atoms with Gasteiger partial charge in [-0.3, -0.25) is 0 Å². The largest absolute Gasteiger partial charge is 0.504 e. The van der Waals surface area contributed by atoms with Gasteiger partial charge in [-0.15, -0.1) is 0 Å². The van der Waals surface area contributed by atoms with Crippen molar-refractivity contribution >= 4 is 24.0 Å². The van der Waals surface area contributed by atoms with Crippen molar-refractivity contribution in [2.75, 3.05) is 7.11 Å². The number of hydrogen-bond acceptors (Lipinski definition) is 5. The minimum absolute atomic E-state index is 0.0987. The molecule has 0 aliphatic heterocycles. The van der Waals surface area contributed by atoms with E-state index >= 15 is 0 Å². The smallest absolute Gasteiger partial charge is 0.408 e. The van der Waals surface area contributed by atoms with Gasteiger partial charge in [0.15, 0.2) is 11.5 Å². The molecule has 1 rings (SSSR count). The number of halogens is 1. The number of phenolic OH excluding ortho intramolecular Hbond substituents is 1. The van der Waals surface area contributed by atoms with Gasteiger partial charge >= 0.3 is 6.09 Å². The summed E-state index contributed by atoms with van der Waals surface area (Å²) in [6, 6.07) is 2.78. The number of amides is 1. The second-order valence-corrected chi connectivity index (χ2v) is 6.39. The van der Waals surface area contributed by atoms with Gasteiger partial charge in [-0.2, -0.15) is 0 Å². The van der Waals surface area contributed by atoms with Crippen molar-refractivity contribution in [1.82, 2.24) is 5.32 Å². The number of phenols is 1. The Morgan fingerprint density at radius 1 is 1.32 bits per heavy atom. The molecule has 0 radical (unpaired) electrons. The number of carbonyl (C=O) groups is 2. The number of carbonyl (C=O) groups excluding carboxylic acids is 2. The molecule has 122 valence electrons. The zero-order chi connectivity index (χ0) is 17.1. The van der Waals surface area contributed by atoms with E-state index in [2.05, 4.69) is 5.32 Å². The van der Waals surface area contributed by atoms with E-state index in [1.54, 1.807) is 20.8 Å². The monoisotopic (exact) mass is 329 g/mol. The number of benzene rings is 1. The van der Waals surface area contributed by atoms with Crippen LogP contribution in [0.1, 0.15) is 33.3 Å². The third kappa shape index (κ3) is 4.27. The number of rotatable bonds is 4. The Balaban J connectivity index is 3.22. The first-order chi connectivity index (χ1) is 10.0. The summed E-state index contributed by atoms with van der Waals surface area (Å²) in [5.41, 5.74) is -2.13. The summed E-state index contributed by atoms with van der Waals surface area (Å²) in [7, 11) is 1.36. The fourth-order valence-electron chi connectivity index (χ4n) is 1.80. The molecule has 0 heterocycles. The van der Waals surface area contributed by atoms with Gasteiger partial charge < -0.3 is 24.7 Å². The second kappa shape index (κ2) is 6.44. The third-order valence-electron chi connectivity index (χ3n) is 2.82. The average Bonchev–Trinajstić information content (AvgIpc) is 2.38. The molecular formula is C15H20ClNO5. The lowest BCUT2D eigenvalue weighted by Crippen LogP contribution is -2.47. The summed E-state index contributed by atoms with van der Waals surface area (Å²) in [6.07, 6.45) is -0.303. The summed E-state index contributed by atoms with van der Waals surface area (Å²) in [6.45, 7) is 6.52. The Kier molecular flexibility index (Phi) is 5.30. The lowest BCUT2D eigenvalue weighted by atomic mass is 9.92. The van der Waals surface area contributed by atoms with Crippen molar-refractivity contribution in [2.45, 2.75) is 38.8 Å². The predicted octanol–water partition coefficient (Wildman–Crippen LogP) is 2.99. The maximum atomic E-state index is 11.9. The minimum Gasteiger partial charge on any atom is -0.504 e. The molecule has 6 nitrogen and oxygen atoms in total. The van der Waals surface area contributed by atoms with Gasteiger partial charge in [-0.1, -0.05) is 11.6 Å². The first-order valence-electron chi connectivity index (χ1n) is 6.57. The molecule has 1 aromatic rings. The Bertz CT molecular complexity index is 582. The third-order valence-corrected chi connectivity index (χ3v) is 3.03. The van der Waals surface area contributed by atoms with Crippen molar-refractivity contribution in [3.05, 3.63) is 22.7 Å². The van der Waals surface area contributed by atoms with Crippen LogP contribution in [-0.4, -0.2) is 30.2 Å². The molecule has 1 atom stereocenters. The maximum Gasteiger partial charge on any atom is 0.408 e. The number of methoxy groups -OCH3 is 1. The second-order valence-electron chi connectivity index (χ2n) is 5.95. The molecule has 0 saturated carbocycles. The highest BCUT2D eigenvalue weighted by atomic mass is 35.5. The number of alkyl carbamates (subject to hydrolysis) is 1. The molecule has 1 unspecified atom stereocenters. The molecule has 2 N–H and O–H groups in total. The van der Waals surface area contributed by atoms with Crippen LogP contribution in [0, 0.1) is 0 Å². The van der Waals surface area contributed by atoms with Crippen LogP contribution in [0.25, 0.3) is 0 Å². The van der Waals surface area contributed by atoms with Gasteiger partial charge in [0, 0.05) is 16.7 Å². The first-order valence-corrected chi connectivity index (χ1v) is 6.94. The van der Waals surface area contributed by atoms with Gasteiger partial charge in [-0.05, 0) is 33.8 Å². The fraction of sp³-hybridized carbons (Fsp3) is 0.467. The highest BCUT2D eigenvalue weighted by Crippen LogP contribution is 2.38. The zero-order valence-corrected chi connectivity index (χ0v) is 13.9. The molecule has 0 aliphatic rings. The predicted molar refractivity (Wildman–Crippen MR) is 82.5 cm³/mol. The quantitative estimate of drug-likeness (QED) is 0.829. The van der Waals surface area contributed by atoms with Crippen LogP contribution in [0.15, 0.2) is 12.1 Å². The van der Waals surface area contributed by atoms with E-state index in [-0.39, 0.29) is 22.1 Å². The van der Waals surface area contributed by atoms with Crippen LogP contribution in [0.2, 0.25) is 5.02 Å². The highest BCUT2D eigenvalue weighted by molar-refractivity contribution is 6.30. The van der Waals surface area contributed by atoms with Crippen LogP contribution >= 0.6 is 11.6 Å². The average molecular weight is 330 g/mol. The van der Waals surface area contributed by atoms with Crippen molar-refractivity contribution in [3.63, 3.8) is 0 Å². The summed E-state index contributed by atoms with van der Waals surface area (Å²) in [5, 5.41) is 12.9. The maximum absolute atomic E-state index is 11.9. The molecule has 1 aromatic carbocycles. The lowest BCUT2D eigenvalue weighted by molar-refractivity contribution is -0.113. The normalized spacial score (nSPS) is 13.9. The minimum atomic E-state index is -1.52. The van der Waals surface area contributed by atoms with Gasteiger partial charge in [0.2, 0.25) is 0 Å². The van der Waals surface area contributed by atoms with Gasteiger partial charge in [0.05, 0.1) is 7.11 Å². The highest BCUT2D eigenvalue weighted by Gasteiger charge is 2.34. The first kappa shape index (κ1) is 18.1. The molecule has 0 aromatic heterocycles. The number of ether oxygens (including phenoxy) is 2.